The molecule has 1 rings (SSSR count). The second-order valence-electron chi connectivity index (χ2n) is 3.69. The van der Waals surface area contributed by atoms with Gasteiger partial charge in [0.25, 0.3) is 0 Å². The molecule has 15 heavy (non-hydrogen) atoms. The highest BCUT2D eigenvalue weighted by Crippen LogP contribution is 2.16. The first-order valence-electron chi connectivity index (χ1n) is 5.52. The number of hydrogen-bond donors (Lipinski definition) is 0. The van der Waals surface area contributed by atoms with Gasteiger partial charge in [0.15, 0.2) is 16.8 Å². The molecule has 0 amide bonds. The minimum Gasteiger partial charge on any atom is -0.442 e. The second-order valence-corrected chi connectivity index (χ2v) is 4.06. The molecule has 0 fully saturated rings. The van der Waals surface area contributed by atoms with Crippen molar-refractivity contribution >= 4 is 17.4 Å². The van der Waals surface area contributed by atoms with Gasteiger partial charge in [0, 0.05) is 6.42 Å². The number of carbonyl (C=O) groups excluding carboxylic acids is 1. The molecule has 0 N–H and O–H groups in total. The summed E-state index contributed by atoms with van der Waals surface area (Å²) in [4.78, 5) is 11.5. The summed E-state index contributed by atoms with van der Waals surface area (Å²) in [5.41, 5.74) is 0. The maximum Gasteiger partial charge on any atom is 0.198 e. The number of hydrogen-bond acceptors (Lipinski definition) is 2. The van der Waals surface area contributed by atoms with Crippen LogP contribution in [0.4, 0.5) is 0 Å². The van der Waals surface area contributed by atoms with Crippen molar-refractivity contribution in [3.8, 4) is 0 Å². The molecule has 0 saturated heterocycles. The molecule has 3 heteroatoms. The predicted molar refractivity (Wildman–Crippen MR) is 61.4 cm³/mol. The third-order valence-corrected chi connectivity index (χ3v) is 2.56. The van der Waals surface area contributed by atoms with Crippen molar-refractivity contribution < 1.29 is 9.21 Å². The fourth-order valence-corrected chi connectivity index (χ4v) is 1.62. The zero-order valence-corrected chi connectivity index (χ0v) is 9.85. The van der Waals surface area contributed by atoms with Crippen molar-refractivity contribution in [2.75, 3.05) is 0 Å². The Morgan fingerprint density at radius 2 is 2.00 bits per heavy atom. The molecule has 0 unspecified atom stereocenters. The normalized spacial score (nSPS) is 10.5. The molecule has 0 aliphatic carbocycles. The van der Waals surface area contributed by atoms with Gasteiger partial charge in [-0.25, -0.2) is 0 Å². The third-order valence-electron chi connectivity index (χ3n) is 2.36. The van der Waals surface area contributed by atoms with Gasteiger partial charge in [-0.1, -0.05) is 32.6 Å². The van der Waals surface area contributed by atoms with E-state index in [-0.39, 0.29) is 11.0 Å². The zero-order chi connectivity index (χ0) is 11.1. The number of halogens is 1. The number of rotatable bonds is 7. The van der Waals surface area contributed by atoms with Crippen LogP contribution in [0.5, 0.6) is 0 Å². The van der Waals surface area contributed by atoms with Crippen LogP contribution in [0.25, 0.3) is 0 Å². The molecule has 1 heterocycles. The number of Topliss-reactive ketones (excluding diaryl/α,β-unsaturated/α-hetero) is 1. The van der Waals surface area contributed by atoms with Crippen molar-refractivity contribution in [1.29, 1.82) is 0 Å². The van der Waals surface area contributed by atoms with Gasteiger partial charge in [0.05, 0.1) is 0 Å². The standard InChI is InChI=1S/C12H17ClO2/c1-2-3-4-5-6-7-10(14)11-8-9-12(13)15-11/h8-9H,2-7H2,1H3. The predicted octanol–water partition coefficient (Wildman–Crippen LogP) is 4.48. The minimum atomic E-state index is 0.0541. The highest BCUT2D eigenvalue weighted by Gasteiger charge is 2.09. The molecule has 0 aliphatic rings. The molecule has 1 aromatic rings. The smallest absolute Gasteiger partial charge is 0.198 e. The van der Waals surface area contributed by atoms with Gasteiger partial charge in [-0.3, -0.25) is 4.79 Å². The molecule has 2 nitrogen and oxygen atoms in total. The van der Waals surface area contributed by atoms with Crippen molar-refractivity contribution in [2.45, 2.75) is 45.4 Å². The molecule has 0 atom stereocenters. The first kappa shape index (κ1) is 12.3. The van der Waals surface area contributed by atoms with E-state index in [1.807, 2.05) is 0 Å². The van der Waals surface area contributed by atoms with Gasteiger partial charge in [0.1, 0.15) is 0 Å². The summed E-state index contributed by atoms with van der Waals surface area (Å²) in [6.45, 7) is 2.18. The van der Waals surface area contributed by atoms with Gasteiger partial charge in [-0.2, -0.15) is 0 Å². The summed E-state index contributed by atoms with van der Waals surface area (Å²) in [6.07, 6.45) is 6.31. The lowest BCUT2D eigenvalue weighted by Gasteiger charge is -1.98. The molecule has 0 aliphatic heterocycles. The summed E-state index contributed by atoms with van der Waals surface area (Å²) in [6, 6.07) is 3.24. The minimum absolute atomic E-state index is 0.0541. The van der Waals surface area contributed by atoms with E-state index in [9.17, 15) is 4.79 Å². The van der Waals surface area contributed by atoms with E-state index < -0.39 is 0 Å². The molecular weight excluding hydrogens is 212 g/mol. The summed E-state index contributed by atoms with van der Waals surface area (Å²) < 4.78 is 5.04. The van der Waals surface area contributed by atoms with Crippen LogP contribution in [0.2, 0.25) is 5.22 Å². The quantitative estimate of drug-likeness (QED) is 0.509. The SMILES string of the molecule is CCCCCCCC(=O)c1ccc(Cl)o1. The van der Waals surface area contributed by atoms with Crippen molar-refractivity contribution in [1.82, 2.24) is 0 Å². The van der Waals surface area contributed by atoms with Gasteiger partial charge >= 0.3 is 0 Å². The second kappa shape index (κ2) is 6.67. The molecule has 0 saturated carbocycles. The van der Waals surface area contributed by atoms with Crippen LogP contribution in [-0.4, -0.2) is 5.78 Å². The van der Waals surface area contributed by atoms with Crippen molar-refractivity contribution in [3.63, 3.8) is 0 Å². The first-order valence-corrected chi connectivity index (χ1v) is 5.90. The molecule has 0 bridgehead atoms. The van der Waals surface area contributed by atoms with E-state index in [4.69, 9.17) is 16.0 Å². The Morgan fingerprint density at radius 3 is 2.60 bits per heavy atom. The molecule has 0 radical (unpaired) electrons. The monoisotopic (exact) mass is 228 g/mol. The fraction of sp³-hybridized carbons (Fsp3) is 0.583. The largest absolute Gasteiger partial charge is 0.442 e. The summed E-state index contributed by atoms with van der Waals surface area (Å²) in [7, 11) is 0. The number of carbonyl (C=O) groups is 1. The van der Waals surface area contributed by atoms with Gasteiger partial charge in [-0.05, 0) is 30.2 Å². The van der Waals surface area contributed by atoms with Crippen LogP contribution in [0, 0.1) is 0 Å². The van der Waals surface area contributed by atoms with Gasteiger partial charge in [-0.15, -0.1) is 0 Å². The topological polar surface area (TPSA) is 30.2 Å². The van der Waals surface area contributed by atoms with Gasteiger partial charge in [0.2, 0.25) is 0 Å². The molecule has 0 spiro atoms. The molecular formula is C12H17ClO2. The Hall–Kier alpha value is -0.760. The summed E-state index contributed by atoms with van der Waals surface area (Å²) in [5.74, 6) is 0.439. The average Bonchev–Trinajstić information content (AvgIpc) is 2.64. The number of furan rings is 1. The van der Waals surface area contributed by atoms with E-state index in [2.05, 4.69) is 6.92 Å². The number of ketones is 1. The lowest BCUT2D eigenvalue weighted by Crippen LogP contribution is -1.96. The fourth-order valence-electron chi connectivity index (χ4n) is 1.48. The van der Waals surface area contributed by atoms with E-state index >= 15 is 0 Å². The van der Waals surface area contributed by atoms with Crippen LogP contribution in [0.3, 0.4) is 0 Å². The average molecular weight is 229 g/mol. The van der Waals surface area contributed by atoms with Crippen LogP contribution < -0.4 is 0 Å². The Kier molecular flexibility index (Phi) is 5.48. The summed E-state index contributed by atoms with van der Waals surface area (Å²) >= 11 is 5.59. The van der Waals surface area contributed by atoms with Crippen LogP contribution in [-0.2, 0) is 0 Å². The zero-order valence-electron chi connectivity index (χ0n) is 9.09. The molecule has 84 valence electrons. The van der Waals surface area contributed by atoms with E-state index in [1.54, 1.807) is 12.1 Å². The summed E-state index contributed by atoms with van der Waals surface area (Å²) in [5, 5.41) is 0.282. The van der Waals surface area contributed by atoms with Crippen molar-refractivity contribution in [2.24, 2.45) is 0 Å². The number of unbranched alkanes of at least 4 members (excludes halogenated alkanes) is 4. The highest BCUT2D eigenvalue weighted by atomic mass is 35.5. The van der Waals surface area contributed by atoms with Crippen LogP contribution in [0.1, 0.15) is 56.0 Å². The van der Waals surface area contributed by atoms with Crippen LogP contribution >= 0.6 is 11.6 Å². The molecule has 0 aromatic carbocycles. The van der Waals surface area contributed by atoms with E-state index in [0.29, 0.717) is 12.2 Å². The first-order chi connectivity index (χ1) is 7.24. The van der Waals surface area contributed by atoms with E-state index in [1.165, 1.54) is 19.3 Å². The Balaban J connectivity index is 2.19. The maximum absolute atomic E-state index is 11.5. The molecule has 1 aromatic heterocycles. The lowest BCUT2D eigenvalue weighted by molar-refractivity contribution is 0.0952. The Bertz CT molecular complexity index is 304. The van der Waals surface area contributed by atoms with Crippen LogP contribution in [0.15, 0.2) is 16.5 Å². The highest BCUT2D eigenvalue weighted by molar-refractivity contribution is 6.29. The Morgan fingerprint density at radius 1 is 1.27 bits per heavy atom. The van der Waals surface area contributed by atoms with Crippen molar-refractivity contribution in [3.05, 3.63) is 23.1 Å². The Labute approximate surface area is 95.6 Å². The van der Waals surface area contributed by atoms with E-state index in [0.717, 1.165) is 12.8 Å². The maximum atomic E-state index is 11.5. The van der Waals surface area contributed by atoms with Gasteiger partial charge < -0.3 is 4.42 Å². The third kappa shape index (κ3) is 4.52. The lowest BCUT2D eigenvalue weighted by atomic mass is 10.1.